The fourth-order valence-electron chi connectivity index (χ4n) is 2.59. The van der Waals surface area contributed by atoms with Gasteiger partial charge in [-0.1, -0.05) is 68.0 Å². The van der Waals surface area contributed by atoms with Gasteiger partial charge in [-0.05, 0) is 43.4 Å². The van der Waals surface area contributed by atoms with Gasteiger partial charge in [0.15, 0.2) is 0 Å². The number of alkyl halides is 1. The second-order valence-electron chi connectivity index (χ2n) is 6.97. The maximum Gasteiger partial charge on any atom is 0.104 e. The van der Waals surface area contributed by atoms with Gasteiger partial charge in [-0.15, -0.1) is 11.6 Å². The van der Waals surface area contributed by atoms with E-state index in [1.54, 1.807) is 0 Å². The van der Waals surface area contributed by atoms with Crippen molar-refractivity contribution in [2.24, 2.45) is 5.92 Å². The second kappa shape index (κ2) is 10.1. The second-order valence-corrected chi connectivity index (χ2v) is 9.01. The van der Waals surface area contributed by atoms with Gasteiger partial charge in [-0.25, -0.2) is 4.21 Å². The zero-order chi connectivity index (χ0) is 19.1. The lowest BCUT2D eigenvalue weighted by molar-refractivity contribution is 0.212. The van der Waals surface area contributed by atoms with E-state index in [-0.39, 0.29) is 0 Å². The van der Waals surface area contributed by atoms with E-state index in [0.717, 1.165) is 17.5 Å². The number of allylic oxidation sites excluding steroid dienone is 1. The molecule has 0 heterocycles. The molecule has 2 aromatic rings. The lowest BCUT2D eigenvalue weighted by Crippen LogP contribution is -2.27. The average molecular weight is 391 g/mol. The summed E-state index contributed by atoms with van der Waals surface area (Å²) in [6.45, 7) is 6.18. The first-order valence-corrected chi connectivity index (χ1v) is 10.5. The molecule has 3 atom stereocenters. The molecule has 26 heavy (non-hydrogen) atoms. The van der Waals surface area contributed by atoms with Crippen LogP contribution < -0.4 is 0 Å². The smallest absolute Gasteiger partial charge is 0.104 e. The predicted molar refractivity (Wildman–Crippen MR) is 111 cm³/mol. The highest BCUT2D eigenvalue weighted by Gasteiger charge is 2.26. The molecule has 0 radical (unpaired) electrons. The minimum absolute atomic E-state index is 0.412. The SMILES string of the molecule is Cc1ccc(S(=O)/C(=C/CC(C)C)[C@H](O)[C@H](Cl)Cc2ccccc2)cc1. The van der Waals surface area contributed by atoms with Crippen LogP contribution in [0.4, 0.5) is 0 Å². The van der Waals surface area contributed by atoms with Crippen LogP contribution in [0.2, 0.25) is 0 Å². The number of hydrogen-bond acceptors (Lipinski definition) is 2. The Balaban J connectivity index is 2.23. The number of hydrogen-bond donors (Lipinski definition) is 1. The minimum Gasteiger partial charge on any atom is -0.386 e. The van der Waals surface area contributed by atoms with Crippen LogP contribution in [0.25, 0.3) is 0 Å². The highest BCUT2D eigenvalue weighted by molar-refractivity contribution is 7.89. The van der Waals surface area contributed by atoms with Gasteiger partial charge in [0, 0.05) is 9.80 Å². The molecule has 140 valence electrons. The van der Waals surface area contributed by atoms with Crippen LogP contribution in [0.5, 0.6) is 0 Å². The molecule has 0 saturated heterocycles. The molecular weight excluding hydrogens is 364 g/mol. The largest absolute Gasteiger partial charge is 0.386 e. The summed E-state index contributed by atoms with van der Waals surface area (Å²) in [4.78, 5) is 1.19. The molecule has 0 fully saturated rings. The summed E-state index contributed by atoms with van der Waals surface area (Å²) in [5.74, 6) is 0.412. The third-order valence-corrected chi connectivity index (χ3v) is 6.08. The van der Waals surface area contributed by atoms with Crippen molar-refractivity contribution >= 4 is 22.4 Å². The lowest BCUT2D eigenvalue weighted by atomic mass is 10.0. The standard InChI is InChI=1S/C22H27ClO2S/c1-16(2)9-14-21(26(25)19-12-10-17(3)11-13-19)22(24)20(23)15-18-7-5-4-6-8-18/h4-8,10-14,16,20,22,24H,9,15H2,1-3H3/b21-14+/t20-,22-,26?/m1/s1. The molecule has 0 spiro atoms. The summed E-state index contributed by atoms with van der Waals surface area (Å²) in [7, 11) is -1.43. The summed E-state index contributed by atoms with van der Waals surface area (Å²) in [6.07, 6.45) is 2.20. The number of halogens is 1. The topological polar surface area (TPSA) is 37.3 Å². The first-order chi connectivity index (χ1) is 12.4. The van der Waals surface area contributed by atoms with Gasteiger partial charge < -0.3 is 5.11 Å². The summed E-state index contributed by atoms with van der Waals surface area (Å²) >= 11 is 6.51. The molecule has 1 N–H and O–H groups in total. The molecule has 0 aromatic heterocycles. The zero-order valence-electron chi connectivity index (χ0n) is 15.6. The Morgan fingerprint density at radius 3 is 2.31 bits per heavy atom. The number of aryl methyl sites for hydroxylation is 1. The fourth-order valence-corrected chi connectivity index (χ4v) is 4.26. The molecule has 0 aliphatic heterocycles. The van der Waals surface area contributed by atoms with E-state index < -0.39 is 22.3 Å². The van der Waals surface area contributed by atoms with Crippen LogP contribution in [-0.4, -0.2) is 20.8 Å². The van der Waals surface area contributed by atoms with Crippen molar-refractivity contribution in [1.29, 1.82) is 0 Å². The van der Waals surface area contributed by atoms with E-state index in [0.29, 0.717) is 22.1 Å². The number of aliphatic hydroxyl groups is 1. The van der Waals surface area contributed by atoms with E-state index in [1.807, 2.05) is 67.6 Å². The Kier molecular flexibility index (Phi) is 8.08. The molecule has 0 bridgehead atoms. The quantitative estimate of drug-likeness (QED) is 0.625. The van der Waals surface area contributed by atoms with Crippen LogP contribution in [0.3, 0.4) is 0 Å². The molecule has 0 saturated carbocycles. The first-order valence-electron chi connectivity index (χ1n) is 8.93. The van der Waals surface area contributed by atoms with Crippen molar-refractivity contribution in [1.82, 2.24) is 0 Å². The van der Waals surface area contributed by atoms with Gasteiger partial charge in [-0.2, -0.15) is 0 Å². The fraction of sp³-hybridized carbons (Fsp3) is 0.364. The van der Waals surface area contributed by atoms with Crippen LogP contribution in [0.15, 0.2) is 70.5 Å². The van der Waals surface area contributed by atoms with Crippen molar-refractivity contribution in [2.75, 3.05) is 0 Å². The first kappa shape index (κ1) is 20.9. The van der Waals surface area contributed by atoms with E-state index in [4.69, 9.17) is 11.6 Å². The Hall–Kier alpha value is -1.42. The lowest BCUT2D eigenvalue weighted by Gasteiger charge is -2.21. The van der Waals surface area contributed by atoms with Crippen LogP contribution in [0.1, 0.15) is 31.4 Å². The summed E-state index contributed by atoms with van der Waals surface area (Å²) in [5.41, 5.74) is 2.16. The van der Waals surface area contributed by atoms with Crippen LogP contribution >= 0.6 is 11.6 Å². The van der Waals surface area contributed by atoms with Crippen LogP contribution in [-0.2, 0) is 17.2 Å². The Morgan fingerprint density at radius 2 is 1.73 bits per heavy atom. The Labute approximate surface area is 164 Å². The van der Waals surface area contributed by atoms with Crippen molar-refractivity contribution in [3.8, 4) is 0 Å². The number of rotatable bonds is 8. The molecule has 0 aliphatic carbocycles. The van der Waals surface area contributed by atoms with E-state index in [1.165, 1.54) is 0 Å². The van der Waals surface area contributed by atoms with Crippen molar-refractivity contribution < 1.29 is 9.32 Å². The Bertz CT molecular complexity index is 738. The maximum atomic E-state index is 13.1. The summed E-state index contributed by atoms with van der Waals surface area (Å²) in [5, 5.41) is 10.3. The summed E-state index contributed by atoms with van der Waals surface area (Å²) in [6, 6.07) is 17.4. The number of benzene rings is 2. The van der Waals surface area contributed by atoms with E-state index in [9.17, 15) is 9.32 Å². The molecule has 0 aliphatic rings. The monoisotopic (exact) mass is 390 g/mol. The van der Waals surface area contributed by atoms with Gasteiger partial charge in [0.2, 0.25) is 0 Å². The van der Waals surface area contributed by atoms with Gasteiger partial charge in [-0.3, -0.25) is 0 Å². The minimum atomic E-state index is -1.43. The predicted octanol–water partition coefficient (Wildman–Crippen LogP) is 5.24. The highest BCUT2D eigenvalue weighted by Crippen LogP contribution is 2.25. The molecule has 2 nitrogen and oxygen atoms in total. The zero-order valence-corrected chi connectivity index (χ0v) is 17.1. The Morgan fingerprint density at radius 1 is 1.12 bits per heavy atom. The highest BCUT2D eigenvalue weighted by atomic mass is 35.5. The third-order valence-electron chi connectivity index (χ3n) is 4.15. The van der Waals surface area contributed by atoms with Gasteiger partial charge in [0.1, 0.15) is 6.10 Å². The molecular formula is C22H27ClO2S. The number of aliphatic hydroxyl groups excluding tert-OH is 1. The summed E-state index contributed by atoms with van der Waals surface area (Å²) < 4.78 is 13.1. The van der Waals surface area contributed by atoms with Crippen molar-refractivity contribution in [3.05, 3.63) is 76.7 Å². The van der Waals surface area contributed by atoms with Crippen LogP contribution in [0, 0.1) is 12.8 Å². The van der Waals surface area contributed by atoms with E-state index >= 15 is 0 Å². The van der Waals surface area contributed by atoms with Crippen molar-refractivity contribution in [3.63, 3.8) is 0 Å². The molecule has 2 aromatic carbocycles. The average Bonchev–Trinajstić information content (AvgIpc) is 2.62. The molecule has 4 heteroatoms. The third kappa shape index (κ3) is 6.08. The molecule has 1 unspecified atom stereocenters. The van der Waals surface area contributed by atoms with Crippen molar-refractivity contribution in [2.45, 2.75) is 50.0 Å². The van der Waals surface area contributed by atoms with Gasteiger partial charge in [0.05, 0.1) is 16.2 Å². The molecule has 0 amide bonds. The van der Waals surface area contributed by atoms with E-state index in [2.05, 4.69) is 13.8 Å². The maximum absolute atomic E-state index is 13.1. The van der Waals surface area contributed by atoms with Gasteiger partial charge >= 0.3 is 0 Å². The van der Waals surface area contributed by atoms with Gasteiger partial charge in [0.25, 0.3) is 0 Å². The molecule has 2 rings (SSSR count). The normalized spacial score (nSPS) is 15.7.